The van der Waals surface area contributed by atoms with Crippen LogP contribution < -0.4 is 5.73 Å². The summed E-state index contributed by atoms with van der Waals surface area (Å²) in [6.45, 7) is -0.323. The predicted molar refractivity (Wildman–Crippen MR) is 90.9 cm³/mol. The maximum atomic E-state index is 11.8. The molecule has 8 nitrogen and oxygen atoms in total. The molecule has 136 valence electrons. The van der Waals surface area contributed by atoms with E-state index < -0.39 is 30.3 Å². The largest absolute Gasteiger partial charge is 0.394 e. The van der Waals surface area contributed by atoms with Gasteiger partial charge in [-0.1, -0.05) is 30.3 Å². The van der Waals surface area contributed by atoms with Gasteiger partial charge in [0.2, 0.25) is 0 Å². The van der Waals surface area contributed by atoms with E-state index in [2.05, 4.69) is 11.1 Å². The Balaban J connectivity index is 1.97. The molecule has 1 aromatic heterocycles. The van der Waals surface area contributed by atoms with Crippen molar-refractivity contribution in [1.29, 1.82) is 5.26 Å². The first-order chi connectivity index (χ1) is 12.5. The number of hydrogen-bond donors (Lipinski definition) is 3. The summed E-state index contributed by atoms with van der Waals surface area (Å²) in [4.78, 5) is 15.9. The molecule has 3 rings (SSSR count). The highest BCUT2D eigenvalue weighted by molar-refractivity contribution is 5.92. The zero-order chi connectivity index (χ0) is 18.7. The first-order valence-electron chi connectivity index (χ1n) is 8.29. The van der Waals surface area contributed by atoms with Crippen LogP contribution in [0.1, 0.15) is 40.3 Å². The molecule has 0 radical (unpaired) electrons. The second-order valence-electron chi connectivity index (χ2n) is 6.24. The highest BCUT2D eigenvalue weighted by Crippen LogP contribution is 2.33. The van der Waals surface area contributed by atoms with Crippen LogP contribution in [0.3, 0.4) is 0 Å². The zero-order valence-corrected chi connectivity index (χ0v) is 14.0. The van der Waals surface area contributed by atoms with Crippen molar-refractivity contribution in [3.63, 3.8) is 0 Å². The topological polar surface area (TPSA) is 134 Å². The van der Waals surface area contributed by atoms with Crippen molar-refractivity contribution >= 4 is 5.91 Å². The molecule has 1 aliphatic rings. The Kier molecular flexibility index (Phi) is 5.32. The Bertz CT molecular complexity index is 814. The molecule has 0 bridgehead atoms. The molecule has 1 fully saturated rings. The van der Waals surface area contributed by atoms with Crippen molar-refractivity contribution in [3.05, 3.63) is 53.6 Å². The highest BCUT2D eigenvalue weighted by Gasteiger charge is 2.37. The number of primary amides is 1. The molecule has 2 aromatic rings. The van der Waals surface area contributed by atoms with Crippen molar-refractivity contribution in [2.24, 2.45) is 5.73 Å². The van der Waals surface area contributed by atoms with Gasteiger partial charge >= 0.3 is 0 Å². The normalized spacial score (nSPS) is 23.5. The predicted octanol–water partition coefficient (Wildman–Crippen LogP) is 0.473. The molecule has 26 heavy (non-hydrogen) atoms. The third kappa shape index (κ3) is 3.46. The van der Waals surface area contributed by atoms with Gasteiger partial charge in [-0.05, 0) is 12.0 Å². The summed E-state index contributed by atoms with van der Waals surface area (Å²) in [6.07, 6.45) is -0.210. The van der Waals surface area contributed by atoms with Crippen molar-refractivity contribution in [1.82, 2.24) is 9.55 Å². The van der Waals surface area contributed by atoms with Gasteiger partial charge in [0.25, 0.3) is 5.91 Å². The monoisotopic (exact) mass is 356 g/mol. The molecule has 0 aliphatic carbocycles. The number of nitrogens with two attached hydrogens (primary N) is 1. The fourth-order valence-electron chi connectivity index (χ4n) is 3.24. The van der Waals surface area contributed by atoms with E-state index in [4.69, 9.17) is 10.5 Å². The van der Waals surface area contributed by atoms with E-state index in [0.717, 1.165) is 5.56 Å². The van der Waals surface area contributed by atoms with Gasteiger partial charge < -0.3 is 25.3 Å². The zero-order valence-electron chi connectivity index (χ0n) is 14.0. The average molecular weight is 356 g/mol. The van der Waals surface area contributed by atoms with Crippen LogP contribution >= 0.6 is 0 Å². The average Bonchev–Trinajstić information content (AvgIpc) is 3.24. The maximum Gasteiger partial charge on any atom is 0.269 e. The molecule has 1 aromatic carbocycles. The van der Waals surface area contributed by atoms with Crippen molar-refractivity contribution in [3.8, 4) is 6.07 Å². The molecule has 8 heteroatoms. The number of aliphatic hydroxyl groups excluding tert-OH is 2. The lowest BCUT2D eigenvalue weighted by atomic mass is 9.95. The molecule has 2 heterocycles. The number of aliphatic hydroxyl groups is 2. The van der Waals surface area contributed by atoms with Crippen LogP contribution in [0.5, 0.6) is 0 Å². The fourth-order valence-corrected chi connectivity index (χ4v) is 3.24. The molecule has 0 spiro atoms. The summed E-state index contributed by atoms with van der Waals surface area (Å²) in [7, 11) is 0. The minimum absolute atomic E-state index is 0.0121. The number of rotatable bonds is 6. The minimum atomic E-state index is -0.841. The van der Waals surface area contributed by atoms with Gasteiger partial charge in [-0.3, -0.25) is 4.79 Å². The molecule has 4 N–H and O–H groups in total. The van der Waals surface area contributed by atoms with Gasteiger partial charge in [-0.2, -0.15) is 5.26 Å². The lowest BCUT2D eigenvalue weighted by Gasteiger charge is -2.19. The number of hydrogen-bond acceptors (Lipinski definition) is 6. The van der Waals surface area contributed by atoms with Crippen molar-refractivity contribution in [2.45, 2.75) is 37.2 Å². The van der Waals surface area contributed by atoms with Crippen molar-refractivity contribution in [2.75, 3.05) is 6.61 Å². The van der Waals surface area contributed by atoms with E-state index in [1.807, 2.05) is 30.3 Å². The summed E-state index contributed by atoms with van der Waals surface area (Å²) in [5.41, 5.74) is 6.74. The maximum absolute atomic E-state index is 11.8. The van der Waals surface area contributed by atoms with Crippen molar-refractivity contribution < 1.29 is 19.7 Å². The summed E-state index contributed by atoms with van der Waals surface area (Å²) >= 11 is 0. The van der Waals surface area contributed by atoms with Crippen LogP contribution in [0.4, 0.5) is 0 Å². The lowest BCUT2D eigenvalue weighted by molar-refractivity contribution is -0.0452. The number of nitriles is 1. The SMILES string of the molecule is N#CC(Cc1ccccc1)c1c(C(N)=O)ncn1[C@@H]1C[C@H](O)[C@@H](CO)O1. The van der Waals surface area contributed by atoms with E-state index >= 15 is 0 Å². The Morgan fingerprint density at radius 3 is 2.77 bits per heavy atom. The number of benzene rings is 1. The van der Waals surface area contributed by atoms with E-state index in [1.165, 1.54) is 6.33 Å². The summed E-state index contributed by atoms with van der Waals surface area (Å²) < 4.78 is 7.21. The summed E-state index contributed by atoms with van der Waals surface area (Å²) in [5, 5.41) is 29.0. The molecule has 1 saturated heterocycles. The molecule has 1 aliphatic heterocycles. The van der Waals surface area contributed by atoms with Crippen LogP contribution in [0.25, 0.3) is 0 Å². The first-order valence-corrected chi connectivity index (χ1v) is 8.29. The lowest BCUT2D eigenvalue weighted by Crippen LogP contribution is -2.24. The molecular weight excluding hydrogens is 336 g/mol. The summed E-state index contributed by atoms with van der Waals surface area (Å²) in [5.74, 6) is -1.40. The third-order valence-corrected chi connectivity index (χ3v) is 4.53. The Morgan fingerprint density at radius 1 is 1.46 bits per heavy atom. The number of aromatic nitrogens is 2. The number of carbonyl (C=O) groups is 1. The number of ether oxygens (including phenoxy) is 1. The van der Waals surface area contributed by atoms with Crippen LogP contribution in [-0.2, 0) is 11.2 Å². The molecule has 0 saturated carbocycles. The van der Waals surface area contributed by atoms with Gasteiger partial charge in [0.05, 0.1) is 36.7 Å². The van der Waals surface area contributed by atoms with Crippen LogP contribution in [-0.4, -0.2) is 44.5 Å². The number of nitrogens with zero attached hydrogens (tertiary/aromatic N) is 3. The second kappa shape index (κ2) is 7.66. The number of carbonyl (C=O) groups excluding carboxylic acids is 1. The molecule has 1 unspecified atom stereocenters. The first kappa shape index (κ1) is 18.1. The number of imidazole rings is 1. The van der Waals surface area contributed by atoms with Crippen LogP contribution in [0.2, 0.25) is 0 Å². The highest BCUT2D eigenvalue weighted by atomic mass is 16.5. The van der Waals surface area contributed by atoms with Crippen LogP contribution in [0, 0.1) is 11.3 Å². The van der Waals surface area contributed by atoms with Gasteiger partial charge in [0.1, 0.15) is 12.3 Å². The minimum Gasteiger partial charge on any atom is -0.394 e. The molecular formula is C18H20N4O4. The molecule has 1 amide bonds. The Hall–Kier alpha value is -2.73. The second-order valence-corrected chi connectivity index (χ2v) is 6.24. The number of amides is 1. The smallest absolute Gasteiger partial charge is 0.269 e. The van der Waals surface area contributed by atoms with Gasteiger partial charge in [0, 0.05) is 6.42 Å². The van der Waals surface area contributed by atoms with Gasteiger partial charge in [0.15, 0.2) is 5.69 Å². The third-order valence-electron chi connectivity index (χ3n) is 4.53. The van der Waals surface area contributed by atoms with E-state index in [1.54, 1.807) is 4.57 Å². The fraction of sp³-hybridized carbons (Fsp3) is 0.389. The van der Waals surface area contributed by atoms with E-state index in [-0.39, 0.29) is 18.7 Å². The quantitative estimate of drug-likeness (QED) is 0.689. The van der Waals surface area contributed by atoms with E-state index in [0.29, 0.717) is 12.1 Å². The summed E-state index contributed by atoms with van der Waals surface area (Å²) in [6, 6.07) is 11.6. The van der Waals surface area contributed by atoms with E-state index in [9.17, 15) is 20.3 Å². The van der Waals surface area contributed by atoms with Crippen LogP contribution in [0.15, 0.2) is 36.7 Å². The molecule has 4 atom stereocenters. The van der Waals surface area contributed by atoms with Gasteiger partial charge in [-0.25, -0.2) is 4.98 Å². The Labute approximate surface area is 150 Å². The standard InChI is InChI=1S/C18H20N4O4/c19-8-12(6-11-4-2-1-3-5-11)17-16(18(20)25)21-10-22(17)15-7-13(24)14(9-23)26-15/h1-5,10,12-15,23-24H,6-7,9H2,(H2,20,25)/t12?,13-,14+,15-/m0/s1. The Morgan fingerprint density at radius 2 is 2.19 bits per heavy atom. The van der Waals surface area contributed by atoms with Gasteiger partial charge in [-0.15, -0.1) is 0 Å².